The highest BCUT2D eigenvalue weighted by molar-refractivity contribution is 5.98. The van der Waals surface area contributed by atoms with Gasteiger partial charge in [-0.2, -0.15) is 5.26 Å². The maximum absolute atomic E-state index is 11.6. The molecule has 0 radical (unpaired) electrons. The van der Waals surface area contributed by atoms with E-state index in [0.717, 1.165) is 12.8 Å². The molecule has 0 spiro atoms. The Kier molecular flexibility index (Phi) is 5.46. The van der Waals surface area contributed by atoms with Crippen molar-refractivity contribution in [3.05, 3.63) is 35.4 Å². The van der Waals surface area contributed by atoms with E-state index < -0.39 is 5.97 Å². The number of para-hydroxylation sites is 1. The van der Waals surface area contributed by atoms with E-state index in [2.05, 4.69) is 0 Å². The summed E-state index contributed by atoms with van der Waals surface area (Å²) in [5.74, 6) is -0.638. The van der Waals surface area contributed by atoms with Crippen LogP contribution in [0.2, 0.25) is 0 Å². The lowest BCUT2D eigenvalue weighted by atomic mass is 10.1. The summed E-state index contributed by atoms with van der Waals surface area (Å²) in [5.41, 5.74) is 0.300. The highest BCUT2D eigenvalue weighted by Crippen LogP contribution is 2.19. The number of aromatic hydroxyl groups is 1. The highest BCUT2D eigenvalue weighted by Gasteiger charge is 2.11. The molecule has 94 valence electrons. The van der Waals surface area contributed by atoms with Crippen LogP contribution in [-0.2, 0) is 9.53 Å². The number of ether oxygens (including phenoxy) is 1. The molecule has 0 fully saturated rings. The molecule has 0 heterocycles. The Labute approximate surface area is 106 Å². The van der Waals surface area contributed by atoms with Gasteiger partial charge < -0.3 is 9.84 Å². The quantitative estimate of drug-likeness (QED) is 0.374. The van der Waals surface area contributed by atoms with Crippen molar-refractivity contribution in [3.8, 4) is 11.8 Å². The third kappa shape index (κ3) is 3.95. The Hall–Kier alpha value is -2.28. The second kappa shape index (κ2) is 7.13. The lowest BCUT2D eigenvalue weighted by molar-refractivity contribution is -0.138. The van der Waals surface area contributed by atoms with Crippen molar-refractivity contribution < 1.29 is 14.6 Å². The van der Waals surface area contributed by atoms with Gasteiger partial charge in [-0.3, -0.25) is 0 Å². The van der Waals surface area contributed by atoms with Crippen molar-refractivity contribution in [3.63, 3.8) is 0 Å². The maximum atomic E-state index is 11.6. The Morgan fingerprint density at radius 3 is 2.83 bits per heavy atom. The van der Waals surface area contributed by atoms with E-state index in [1.54, 1.807) is 24.3 Å². The van der Waals surface area contributed by atoms with Crippen LogP contribution in [0, 0.1) is 11.3 Å². The van der Waals surface area contributed by atoms with E-state index in [0.29, 0.717) is 12.2 Å². The van der Waals surface area contributed by atoms with Crippen LogP contribution >= 0.6 is 0 Å². The minimum atomic E-state index is -0.658. The second-order valence-electron chi connectivity index (χ2n) is 3.72. The molecular formula is C14H15NO3. The molecule has 1 N–H and O–H groups in total. The fourth-order valence-corrected chi connectivity index (χ4v) is 1.29. The molecule has 0 aromatic heterocycles. The number of carbonyl (C=O) groups is 1. The molecule has 0 atom stereocenters. The van der Waals surface area contributed by atoms with Gasteiger partial charge in [0.25, 0.3) is 0 Å². The zero-order valence-corrected chi connectivity index (χ0v) is 10.2. The van der Waals surface area contributed by atoms with Crippen molar-refractivity contribution in [2.45, 2.75) is 19.8 Å². The second-order valence-corrected chi connectivity index (χ2v) is 3.72. The zero-order valence-electron chi connectivity index (χ0n) is 10.2. The first-order valence-electron chi connectivity index (χ1n) is 5.76. The van der Waals surface area contributed by atoms with Crippen molar-refractivity contribution in [2.24, 2.45) is 0 Å². The Bertz CT molecular complexity index is 486. The number of esters is 1. The predicted molar refractivity (Wildman–Crippen MR) is 67.6 cm³/mol. The molecule has 0 unspecified atom stereocenters. The predicted octanol–water partition coefficient (Wildman–Crippen LogP) is 2.64. The van der Waals surface area contributed by atoms with Gasteiger partial charge in [0.05, 0.1) is 6.61 Å². The number of unbranched alkanes of at least 4 members (excludes halogenated alkanes) is 1. The molecule has 0 amide bonds. The molecule has 0 saturated heterocycles. The number of phenolic OH excluding ortho intramolecular Hbond substituents is 1. The van der Waals surface area contributed by atoms with E-state index in [1.165, 1.54) is 12.1 Å². The van der Waals surface area contributed by atoms with Gasteiger partial charge in [-0.25, -0.2) is 4.79 Å². The molecular weight excluding hydrogens is 230 g/mol. The molecule has 0 aliphatic carbocycles. The molecule has 0 aliphatic heterocycles. The topological polar surface area (TPSA) is 70.3 Å². The van der Waals surface area contributed by atoms with E-state index >= 15 is 0 Å². The number of nitrogens with zero attached hydrogens (tertiary/aromatic N) is 1. The third-order valence-corrected chi connectivity index (χ3v) is 2.31. The average molecular weight is 245 g/mol. The van der Waals surface area contributed by atoms with Crippen molar-refractivity contribution in [2.75, 3.05) is 6.61 Å². The van der Waals surface area contributed by atoms with Gasteiger partial charge in [-0.1, -0.05) is 31.5 Å². The summed E-state index contributed by atoms with van der Waals surface area (Å²) < 4.78 is 4.94. The first kappa shape index (κ1) is 13.8. The third-order valence-electron chi connectivity index (χ3n) is 2.31. The molecule has 0 bridgehead atoms. The molecule has 0 saturated carbocycles. The van der Waals surface area contributed by atoms with Gasteiger partial charge in [-0.15, -0.1) is 0 Å². The normalized spacial score (nSPS) is 10.8. The minimum absolute atomic E-state index is 0.0200. The summed E-state index contributed by atoms with van der Waals surface area (Å²) in [6.45, 7) is 2.28. The maximum Gasteiger partial charge on any atom is 0.348 e. The van der Waals surface area contributed by atoms with Crippen LogP contribution < -0.4 is 0 Å². The van der Waals surface area contributed by atoms with E-state index in [-0.39, 0.29) is 11.3 Å². The Morgan fingerprint density at radius 2 is 2.22 bits per heavy atom. The van der Waals surface area contributed by atoms with Gasteiger partial charge in [-0.05, 0) is 18.6 Å². The number of phenols is 1. The summed E-state index contributed by atoms with van der Waals surface area (Å²) in [4.78, 5) is 11.6. The van der Waals surface area contributed by atoms with Gasteiger partial charge in [0, 0.05) is 5.56 Å². The van der Waals surface area contributed by atoms with Crippen molar-refractivity contribution in [1.82, 2.24) is 0 Å². The van der Waals surface area contributed by atoms with E-state index in [9.17, 15) is 9.90 Å². The number of hydrogen-bond acceptors (Lipinski definition) is 4. The van der Waals surface area contributed by atoms with Gasteiger partial charge in [0.2, 0.25) is 0 Å². The van der Waals surface area contributed by atoms with E-state index in [1.807, 2.05) is 6.92 Å². The summed E-state index contributed by atoms with van der Waals surface area (Å²) in [5, 5.41) is 18.4. The highest BCUT2D eigenvalue weighted by atomic mass is 16.5. The number of benzene rings is 1. The smallest absolute Gasteiger partial charge is 0.348 e. The van der Waals surface area contributed by atoms with Crippen LogP contribution in [0.15, 0.2) is 29.8 Å². The van der Waals surface area contributed by atoms with Crippen LogP contribution in [0.1, 0.15) is 25.3 Å². The van der Waals surface area contributed by atoms with Crippen molar-refractivity contribution in [1.29, 1.82) is 5.26 Å². The summed E-state index contributed by atoms with van der Waals surface area (Å²) in [6, 6.07) is 8.26. The zero-order chi connectivity index (χ0) is 13.4. The van der Waals surface area contributed by atoms with Gasteiger partial charge in [0.1, 0.15) is 17.4 Å². The monoisotopic (exact) mass is 245 g/mol. The summed E-state index contributed by atoms with van der Waals surface area (Å²) in [7, 11) is 0. The SMILES string of the molecule is CCCCOC(=O)C(C#N)=Cc1ccccc1O. The minimum Gasteiger partial charge on any atom is -0.507 e. The van der Waals surface area contributed by atoms with Crippen molar-refractivity contribution >= 4 is 12.0 Å². The van der Waals surface area contributed by atoms with Gasteiger partial charge >= 0.3 is 5.97 Å². The van der Waals surface area contributed by atoms with Crippen LogP contribution in [0.5, 0.6) is 5.75 Å². The Balaban J connectivity index is 2.81. The number of carbonyl (C=O) groups excluding carboxylic acids is 1. The lowest BCUT2D eigenvalue weighted by Crippen LogP contribution is -2.07. The Morgan fingerprint density at radius 1 is 1.50 bits per heavy atom. The van der Waals surface area contributed by atoms with Crippen LogP contribution in [0.3, 0.4) is 0 Å². The molecule has 1 aromatic carbocycles. The number of hydrogen-bond donors (Lipinski definition) is 1. The summed E-state index contributed by atoms with van der Waals surface area (Å²) in [6.07, 6.45) is 3.00. The molecule has 4 nitrogen and oxygen atoms in total. The first-order valence-corrected chi connectivity index (χ1v) is 5.76. The number of nitriles is 1. The fraction of sp³-hybridized carbons (Fsp3) is 0.286. The summed E-state index contributed by atoms with van der Waals surface area (Å²) >= 11 is 0. The lowest BCUT2D eigenvalue weighted by Gasteiger charge is -2.03. The molecule has 1 rings (SSSR count). The van der Waals surface area contributed by atoms with Crippen LogP contribution in [0.4, 0.5) is 0 Å². The molecule has 18 heavy (non-hydrogen) atoms. The number of rotatable bonds is 5. The first-order chi connectivity index (χ1) is 8.69. The average Bonchev–Trinajstić information content (AvgIpc) is 2.38. The van der Waals surface area contributed by atoms with Gasteiger partial charge in [0.15, 0.2) is 0 Å². The van der Waals surface area contributed by atoms with E-state index in [4.69, 9.17) is 10.00 Å². The molecule has 4 heteroatoms. The van der Waals surface area contributed by atoms with Crippen LogP contribution in [-0.4, -0.2) is 17.7 Å². The molecule has 1 aromatic rings. The standard InChI is InChI=1S/C14H15NO3/c1-2-3-8-18-14(17)12(10-15)9-11-6-4-5-7-13(11)16/h4-7,9,16H,2-3,8H2,1H3. The fourth-order valence-electron chi connectivity index (χ4n) is 1.29. The molecule has 0 aliphatic rings. The largest absolute Gasteiger partial charge is 0.507 e. The van der Waals surface area contributed by atoms with Crippen LogP contribution in [0.25, 0.3) is 6.08 Å².